The molecule has 0 saturated carbocycles. The summed E-state index contributed by atoms with van der Waals surface area (Å²) in [7, 11) is 2.00. The molecule has 0 spiro atoms. The minimum Gasteiger partial charge on any atom is -0.382 e. The molecule has 0 bridgehead atoms. The highest BCUT2D eigenvalue weighted by Crippen LogP contribution is 2.17. The zero-order valence-corrected chi connectivity index (χ0v) is 10.6. The van der Waals surface area contributed by atoms with Crippen LogP contribution in [0.5, 0.6) is 0 Å². The van der Waals surface area contributed by atoms with E-state index >= 15 is 0 Å². The van der Waals surface area contributed by atoms with Gasteiger partial charge in [-0.3, -0.25) is 0 Å². The van der Waals surface area contributed by atoms with E-state index in [-0.39, 0.29) is 0 Å². The van der Waals surface area contributed by atoms with Gasteiger partial charge < -0.3 is 10.1 Å². The van der Waals surface area contributed by atoms with Gasteiger partial charge in [0, 0.05) is 19.3 Å². The molecule has 1 atom stereocenters. The van der Waals surface area contributed by atoms with Crippen molar-refractivity contribution < 1.29 is 4.74 Å². The maximum Gasteiger partial charge on any atom is 0.0484 e. The predicted octanol–water partition coefficient (Wildman–Crippen LogP) is 2.94. The highest BCUT2D eigenvalue weighted by molar-refractivity contribution is 5.24. The fraction of sp³-hybridized carbons (Fsp3) is 0.571. The third-order valence-corrected chi connectivity index (χ3v) is 2.89. The molecule has 2 nitrogen and oxygen atoms in total. The first kappa shape index (κ1) is 13.2. The summed E-state index contributed by atoms with van der Waals surface area (Å²) in [6.45, 7) is 5.83. The lowest BCUT2D eigenvalue weighted by atomic mass is 10.0. The molecule has 16 heavy (non-hydrogen) atoms. The molecule has 90 valence electrons. The molecule has 0 aromatic heterocycles. The van der Waals surface area contributed by atoms with Gasteiger partial charge in [-0.05, 0) is 37.9 Å². The van der Waals surface area contributed by atoms with E-state index in [9.17, 15) is 0 Å². The van der Waals surface area contributed by atoms with Crippen molar-refractivity contribution in [2.24, 2.45) is 0 Å². The minimum atomic E-state index is 0.400. The molecule has 1 N–H and O–H groups in total. The molecule has 1 unspecified atom stereocenters. The van der Waals surface area contributed by atoms with E-state index < -0.39 is 0 Å². The van der Waals surface area contributed by atoms with Crippen LogP contribution in [0.2, 0.25) is 0 Å². The topological polar surface area (TPSA) is 21.3 Å². The molecule has 0 amide bonds. The van der Waals surface area contributed by atoms with E-state index in [4.69, 9.17) is 4.74 Å². The number of aryl methyl sites for hydroxylation is 1. The Labute approximate surface area is 99.0 Å². The summed E-state index contributed by atoms with van der Waals surface area (Å²) in [5, 5.41) is 3.33. The number of rotatable bonds is 7. The zero-order chi connectivity index (χ0) is 11.8. The normalized spacial score (nSPS) is 12.7. The second-order valence-electron chi connectivity index (χ2n) is 3.92. The predicted molar refractivity (Wildman–Crippen MR) is 68.7 cm³/mol. The smallest absolute Gasteiger partial charge is 0.0484 e. The van der Waals surface area contributed by atoms with Crippen LogP contribution in [0, 0.1) is 0 Å². The zero-order valence-electron chi connectivity index (χ0n) is 10.6. The van der Waals surface area contributed by atoms with Crippen LogP contribution in [0.25, 0.3) is 0 Å². The number of hydrogen-bond donors (Lipinski definition) is 1. The van der Waals surface area contributed by atoms with Gasteiger partial charge in [0.25, 0.3) is 0 Å². The van der Waals surface area contributed by atoms with Crippen molar-refractivity contribution in [1.82, 2.24) is 5.32 Å². The van der Waals surface area contributed by atoms with Crippen LogP contribution in [0.1, 0.15) is 37.4 Å². The summed E-state index contributed by atoms with van der Waals surface area (Å²) in [6.07, 6.45) is 2.12. The Balaban J connectivity index is 2.56. The highest BCUT2D eigenvalue weighted by Gasteiger charge is 2.08. The van der Waals surface area contributed by atoms with Crippen LogP contribution >= 0.6 is 0 Å². The largest absolute Gasteiger partial charge is 0.382 e. The molecule has 1 rings (SSSR count). The van der Waals surface area contributed by atoms with Gasteiger partial charge in [-0.25, -0.2) is 0 Å². The molecule has 0 aliphatic rings. The maximum atomic E-state index is 5.39. The lowest BCUT2D eigenvalue weighted by Crippen LogP contribution is -2.18. The lowest BCUT2D eigenvalue weighted by Gasteiger charge is -2.16. The third-order valence-electron chi connectivity index (χ3n) is 2.89. The lowest BCUT2D eigenvalue weighted by molar-refractivity contribution is 0.137. The Bertz CT molecular complexity index is 281. The van der Waals surface area contributed by atoms with Crippen LogP contribution in [-0.2, 0) is 11.2 Å². The minimum absolute atomic E-state index is 0.400. The fourth-order valence-electron chi connectivity index (χ4n) is 1.81. The SMILES string of the molecule is CCOCCC(NC)c1ccc(CC)cc1. The van der Waals surface area contributed by atoms with Gasteiger partial charge in [-0.1, -0.05) is 31.2 Å². The summed E-state index contributed by atoms with van der Waals surface area (Å²) >= 11 is 0. The molecular weight excluding hydrogens is 198 g/mol. The first-order valence-corrected chi connectivity index (χ1v) is 6.15. The summed E-state index contributed by atoms with van der Waals surface area (Å²) in [5.41, 5.74) is 2.74. The van der Waals surface area contributed by atoms with Crippen molar-refractivity contribution in [2.45, 2.75) is 32.7 Å². The van der Waals surface area contributed by atoms with E-state index in [0.29, 0.717) is 6.04 Å². The van der Waals surface area contributed by atoms with Crippen molar-refractivity contribution in [3.8, 4) is 0 Å². The van der Waals surface area contributed by atoms with E-state index in [2.05, 4.69) is 36.5 Å². The molecule has 2 heteroatoms. The van der Waals surface area contributed by atoms with Crippen molar-refractivity contribution in [3.63, 3.8) is 0 Å². The fourth-order valence-corrected chi connectivity index (χ4v) is 1.81. The van der Waals surface area contributed by atoms with Crippen molar-refractivity contribution in [3.05, 3.63) is 35.4 Å². The van der Waals surface area contributed by atoms with E-state index in [1.165, 1.54) is 11.1 Å². The standard InChI is InChI=1S/C14H23NO/c1-4-12-6-8-13(9-7-12)14(15-3)10-11-16-5-2/h6-9,14-15H,4-5,10-11H2,1-3H3. The monoisotopic (exact) mass is 221 g/mol. The van der Waals surface area contributed by atoms with Gasteiger partial charge in [-0.15, -0.1) is 0 Å². The van der Waals surface area contributed by atoms with Crippen LogP contribution in [-0.4, -0.2) is 20.3 Å². The number of nitrogens with one attached hydrogen (secondary N) is 1. The van der Waals surface area contributed by atoms with Crippen LogP contribution in [0.3, 0.4) is 0 Å². The van der Waals surface area contributed by atoms with Gasteiger partial charge >= 0.3 is 0 Å². The van der Waals surface area contributed by atoms with Crippen molar-refractivity contribution >= 4 is 0 Å². The van der Waals surface area contributed by atoms with Crippen molar-refractivity contribution in [1.29, 1.82) is 0 Å². The molecule has 0 saturated heterocycles. The van der Waals surface area contributed by atoms with E-state index in [1.807, 2.05) is 14.0 Å². The first-order valence-electron chi connectivity index (χ1n) is 6.15. The molecule has 0 heterocycles. The van der Waals surface area contributed by atoms with Gasteiger partial charge in [0.1, 0.15) is 0 Å². The van der Waals surface area contributed by atoms with Crippen LogP contribution < -0.4 is 5.32 Å². The first-order chi connectivity index (χ1) is 7.81. The molecular formula is C14H23NO. The number of benzene rings is 1. The van der Waals surface area contributed by atoms with Crippen LogP contribution in [0.15, 0.2) is 24.3 Å². The highest BCUT2D eigenvalue weighted by atomic mass is 16.5. The summed E-state index contributed by atoms with van der Waals surface area (Å²) in [5.74, 6) is 0. The van der Waals surface area contributed by atoms with Gasteiger partial charge in [-0.2, -0.15) is 0 Å². The molecule has 0 radical (unpaired) electrons. The van der Waals surface area contributed by atoms with Crippen molar-refractivity contribution in [2.75, 3.05) is 20.3 Å². The van der Waals surface area contributed by atoms with E-state index in [1.54, 1.807) is 0 Å². The summed E-state index contributed by atoms with van der Waals surface area (Å²) in [4.78, 5) is 0. The summed E-state index contributed by atoms with van der Waals surface area (Å²) < 4.78 is 5.39. The van der Waals surface area contributed by atoms with Gasteiger partial charge in [0.15, 0.2) is 0 Å². The third kappa shape index (κ3) is 3.95. The number of ether oxygens (including phenoxy) is 1. The average molecular weight is 221 g/mol. The Hall–Kier alpha value is -0.860. The van der Waals surface area contributed by atoms with Crippen LogP contribution in [0.4, 0.5) is 0 Å². The van der Waals surface area contributed by atoms with Gasteiger partial charge in [0.05, 0.1) is 0 Å². The summed E-state index contributed by atoms with van der Waals surface area (Å²) in [6, 6.07) is 9.25. The number of hydrogen-bond acceptors (Lipinski definition) is 2. The molecule has 1 aromatic rings. The Morgan fingerprint density at radius 1 is 1.19 bits per heavy atom. The van der Waals surface area contributed by atoms with Gasteiger partial charge in [0.2, 0.25) is 0 Å². The van der Waals surface area contributed by atoms with E-state index in [0.717, 1.165) is 26.1 Å². The second-order valence-corrected chi connectivity index (χ2v) is 3.92. The second kappa shape index (κ2) is 7.42. The Morgan fingerprint density at radius 2 is 1.88 bits per heavy atom. The molecule has 0 aliphatic carbocycles. The molecule has 0 aliphatic heterocycles. The molecule has 1 aromatic carbocycles. The Morgan fingerprint density at radius 3 is 2.38 bits per heavy atom. The average Bonchev–Trinajstić information content (AvgIpc) is 2.35. The maximum absolute atomic E-state index is 5.39. The quantitative estimate of drug-likeness (QED) is 0.715. The Kier molecular flexibility index (Phi) is 6.12. The molecule has 0 fully saturated rings.